The van der Waals surface area contributed by atoms with Crippen molar-refractivity contribution in [3.05, 3.63) is 0 Å². The second-order valence-electron chi connectivity index (χ2n) is 5.01. The van der Waals surface area contributed by atoms with Crippen LogP contribution >= 0.6 is 0 Å². The molecule has 3 N–H and O–H groups in total. The monoisotopic (exact) mass is 249 g/mol. The first-order chi connectivity index (χ1) is 7.93. The molecule has 98 valence electrons. The maximum absolute atomic E-state index is 12.7. The van der Waals surface area contributed by atoms with Gasteiger partial charge in [0.1, 0.15) is 5.54 Å². The molecule has 2 aliphatic carbocycles. The summed E-state index contributed by atoms with van der Waals surface area (Å²) in [7, 11) is 0. The standard InChI is InChI=1S/C11H18F3N3/c12-11(13,14)10(6-7-10)17-9(15)16-8-4-2-1-3-5-8/h8H,1-7H2,(H3,15,16,17). The fraction of sp³-hybridized carbons (Fsp3) is 0.909. The third-order valence-electron chi connectivity index (χ3n) is 3.56. The fourth-order valence-corrected chi connectivity index (χ4v) is 2.29. The van der Waals surface area contributed by atoms with Crippen molar-refractivity contribution >= 4 is 5.96 Å². The molecule has 2 rings (SSSR count). The van der Waals surface area contributed by atoms with Gasteiger partial charge in [0, 0.05) is 0 Å². The van der Waals surface area contributed by atoms with Gasteiger partial charge in [-0.2, -0.15) is 13.2 Å². The normalized spacial score (nSPS) is 25.7. The molecule has 0 aromatic heterocycles. The number of aliphatic imine (C=N–C) groups is 1. The number of nitrogens with two attached hydrogens (primary N) is 1. The molecule has 2 aliphatic rings. The Bertz CT molecular complexity index is 302. The van der Waals surface area contributed by atoms with Crippen LogP contribution in [0.3, 0.4) is 0 Å². The Kier molecular flexibility index (Phi) is 3.23. The number of halogens is 3. The van der Waals surface area contributed by atoms with E-state index in [2.05, 4.69) is 10.3 Å². The van der Waals surface area contributed by atoms with E-state index in [9.17, 15) is 13.2 Å². The second-order valence-corrected chi connectivity index (χ2v) is 5.01. The molecule has 0 bridgehead atoms. The second kappa shape index (κ2) is 4.38. The van der Waals surface area contributed by atoms with Crippen molar-refractivity contribution in [2.24, 2.45) is 10.7 Å². The summed E-state index contributed by atoms with van der Waals surface area (Å²) >= 11 is 0. The van der Waals surface area contributed by atoms with Gasteiger partial charge in [0.05, 0.1) is 6.04 Å². The van der Waals surface area contributed by atoms with Crippen molar-refractivity contribution in [2.45, 2.75) is 62.7 Å². The molecule has 0 saturated heterocycles. The molecule has 17 heavy (non-hydrogen) atoms. The molecule has 0 unspecified atom stereocenters. The summed E-state index contributed by atoms with van der Waals surface area (Å²) in [5, 5.41) is 2.36. The van der Waals surface area contributed by atoms with Gasteiger partial charge in [-0.25, -0.2) is 0 Å². The summed E-state index contributed by atoms with van der Waals surface area (Å²) in [6, 6.07) is 0.0975. The van der Waals surface area contributed by atoms with Crippen LogP contribution in [0, 0.1) is 0 Å². The summed E-state index contributed by atoms with van der Waals surface area (Å²) in [6.45, 7) is 0. The van der Waals surface area contributed by atoms with E-state index >= 15 is 0 Å². The largest absolute Gasteiger partial charge is 0.411 e. The van der Waals surface area contributed by atoms with Crippen LogP contribution in [0.1, 0.15) is 44.9 Å². The molecular weight excluding hydrogens is 231 g/mol. The minimum absolute atomic E-state index is 0.0493. The van der Waals surface area contributed by atoms with Crippen LogP contribution in [0.5, 0.6) is 0 Å². The lowest BCUT2D eigenvalue weighted by Crippen LogP contribution is -2.51. The highest BCUT2D eigenvalue weighted by atomic mass is 19.4. The molecule has 2 saturated carbocycles. The zero-order valence-electron chi connectivity index (χ0n) is 9.69. The Balaban J connectivity index is 1.92. The van der Waals surface area contributed by atoms with Crippen LogP contribution in [0.25, 0.3) is 0 Å². The quantitative estimate of drug-likeness (QED) is 0.583. The Morgan fingerprint density at radius 1 is 1.18 bits per heavy atom. The Labute approximate surface area is 98.7 Å². The van der Waals surface area contributed by atoms with Gasteiger partial charge in [-0.15, -0.1) is 0 Å². The van der Waals surface area contributed by atoms with Crippen LogP contribution in [-0.4, -0.2) is 23.7 Å². The van der Waals surface area contributed by atoms with E-state index in [-0.39, 0.29) is 24.8 Å². The number of nitrogens with one attached hydrogen (secondary N) is 1. The summed E-state index contributed by atoms with van der Waals surface area (Å²) in [5.41, 5.74) is 3.77. The fourth-order valence-electron chi connectivity index (χ4n) is 2.29. The van der Waals surface area contributed by atoms with Gasteiger partial charge in [-0.1, -0.05) is 19.3 Å². The van der Waals surface area contributed by atoms with Crippen molar-refractivity contribution in [2.75, 3.05) is 0 Å². The number of guanidine groups is 1. The predicted octanol–water partition coefficient (Wildman–Crippen LogP) is 2.32. The van der Waals surface area contributed by atoms with E-state index in [0.717, 1.165) is 25.7 Å². The van der Waals surface area contributed by atoms with Crippen LogP contribution in [0.15, 0.2) is 4.99 Å². The van der Waals surface area contributed by atoms with Crippen LogP contribution in [0.4, 0.5) is 13.2 Å². The summed E-state index contributed by atoms with van der Waals surface area (Å²) < 4.78 is 38.0. The smallest absolute Gasteiger partial charge is 0.370 e. The first-order valence-electron chi connectivity index (χ1n) is 6.11. The molecule has 0 aromatic rings. The average molecular weight is 249 g/mol. The molecule has 0 spiro atoms. The molecule has 6 heteroatoms. The molecule has 0 heterocycles. The number of hydrogen-bond donors (Lipinski definition) is 2. The van der Waals surface area contributed by atoms with Gasteiger partial charge in [-0.3, -0.25) is 4.99 Å². The Morgan fingerprint density at radius 3 is 2.24 bits per heavy atom. The van der Waals surface area contributed by atoms with E-state index in [1.54, 1.807) is 0 Å². The Hall–Kier alpha value is -0.940. The zero-order valence-corrected chi connectivity index (χ0v) is 9.69. The van der Waals surface area contributed by atoms with Gasteiger partial charge in [0.15, 0.2) is 5.96 Å². The van der Waals surface area contributed by atoms with Crippen LogP contribution in [0.2, 0.25) is 0 Å². The lowest BCUT2D eigenvalue weighted by Gasteiger charge is -2.23. The summed E-state index contributed by atoms with van der Waals surface area (Å²) in [5.74, 6) is -0.0493. The summed E-state index contributed by atoms with van der Waals surface area (Å²) in [6.07, 6.45) is 1.18. The minimum atomic E-state index is -4.24. The molecule has 0 aromatic carbocycles. The first kappa shape index (κ1) is 12.5. The molecule has 2 fully saturated rings. The summed E-state index contributed by atoms with van der Waals surface area (Å²) in [4.78, 5) is 4.16. The molecule has 3 nitrogen and oxygen atoms in total. The highest BCUT2D eigenvalue weighted by Crippen LogP contribution is 2.48. The SMILES string of the molecule is NC(=NC1CCCCC1)NC1(C(F)(F)F)CC1. The van der Waals surface area contributed by atoms with E-state index < -0.39 is 11.7 Å². The number of nitrogens with zero attached hydrogens (tertiary/aromatic N) is 1. The number of rotatable bonds is 2. The zero-order chi connectivity index (χ0) is 12.5. The van der Waals surface area contributed by atoms with Crippen molar-refractivity contribution in [1.82, 2.24) is 5.32 Å². The highest BCUT2D eigenvalue weighted by molar-refractivity contribution is 5.79. The number of hydrogen-bond acceptors (Lipinski definition) is 1. The highest BCUT2D eigenvalue weighted by Gasteiger charge is 2.63. The molecule has 0 amide bonds. The number of alkyl halides is 3. The van der Waals surface area contributed by atoms with Gasteiger partial charge in [0.25, 0.3) is 0 Å². The van der Waals surface area contributed by atoms with E-state index in [4.69, 9.17) is 5.73 Å². The van der Waals surface area contributed by atoms with E-state index in [1.807, 2.05) is 0 Å². The van der Waals surface area contributed by atoms with E-state index in [1.165, 1.54) is 6.42 Å². The van der Waals surface area contributed by atoms with Crippen LogP contribution in [-0.2, 0) is 0 Å². The van der Waals surface area contributed by atoms with Gasteiger partial charge in [0.2, 0.25) is 0 Å². The third kappa shape index (κ3) is 2.84. The predicted molar refractivity (Wildman–Crippen MR) is 59.7 cm³/mol. The van der Waals surface area contributed by atoms with Gasteiger partial charge in [-0.05, 0) is 25.7 Å². The third-order valence-corrected chi connectivity index (χ3v) is 3.56. The van der Waals surface area contributed by atoms with E-state index in [0.29, 0.717) is 0 Å². The Morgan fingerprint density at radius 2 is 1.76 bits per heavy atom. The molecule has 0 atom stereocenters. The van der Waals surface area contributed by atoms with Crippen molar-refractivity contribution in [1.29, 1.82) is 0 Å². The van der Waals surface area contributed by atoms with Crippen LogP contribution < -0.4 is 11.1 Å². The molecule has 0 aliphatic heterocycles. The maximum Gasteiger partial charge on any atom is 0.411 e. The lowest BCUT2D eigenvalue weighted by molar-refractivity contribution is -0.161. The lowest BCUT2D eigenvalue weighted by atomic mass is 9.96. The van der Waals surface area contributed by atoms with Crippen molar-refractivity contribution in [3.8, 4) is 0 Å². The molecular formula is C11H18F3N3. The maximum atomic E-state index is 12.7. The van der Waals surface area contributed by atoms with Gasteiger partial charge >= 0.3 is 6.18 Å². The first-order valence-corrected chi connectivity index (χ1v) is 6.11. The topological polar surface area (TPSA) is 50.4 Å². The molecule has 0 radical (unpaired) electrons. The minimum Gasteiger partial charge on any atom is -0.370 e. The van der Waals surface area contributed by atoms with Crippen molar-refractivity contribution in [3.63, 3.8) is 0 Å². The average Bonchev–Trinajstić information content (AvgIpc) is 2.99. The van der Waals surface area contributed by atoms with Gasteiger partial charge < -0.3 is 11.1 Å². The van der Waals surface area contributed by atoms with Crippen molar-refractivity contribution < 1.29 is 13.2 Å².